The molecule has 3 aromatic rings. The molecule has 1 fully saturated rings. The van der Waals surface area contributed by atoms with Gasteiger partial charge >= 0.3 is 0 Å². The Morgan fingerprint density at radius 2 is 2.00 bits per heavy atom. The number of nitrogens with zero attached hydrogens (tertiary/aromatic N) is 5. The Labute approximate surface area is 190 Å². The number of nitrogens with one attached hydrogen (secondary N) is 1. The fourth-order valence-electron chi connectivity index (χ4n) is 4.01. The molecule has 3 amide bonds. The van der Waals surface area contributed by atoms with Crippen molar-refractivity contribution in [1.29, 1.82) is 5.26 Å². The molecule has 0 saturated carbocycles. The van der Waals surface area contributed by atoms with Crippen LogP contribution in [0.3, 0.4) is 0 Å². The van der Waals surface area contributed by atoms with E-state index in [0.29, 0.717) is 34.3 Å². The van der Waals surface area contributed by atoms with E-state index in [9.17, 15) is 14.4 Å². The monoisotopic (exact) mass is 490 g/mol. The SMILES string of the molecule is N#Cc1ccc(-n2cc(-c3ccc4c(c3)CN(C3CCC(=O)NC3=O)C4=O)nn2)c(Br)c1. The maximum Gasteiger partial charge on any atom is 0.255 e. The Kier molecular flexibility index (Phi) is 4.83. The number of hydrogen-bond acceptors (Lipinski definition) is 6. The van der Waals surface area contributed by atoms with Crippen LogP contribution in [0.2, 0.25) is 0 Å². The van der Waals surface area contributed by atoms with Crippen LogP contribution in [0.15, 0.2) is 47.1 Å². The fourth-order valence-corrected chi connectivity index (χ4v) is 4.57. The minimum atomic E-state index is -0.648. The molecule has 1 unspecified atom stereocenters. The molecular weight excluding hydrogens is 476 g/mol. The zero-order valence-corrected chi connectivity index (χ0v) is 18.2. The molecule has 1 atom stereocenters. The van der Waals surface area contributed by atoms with Crippen LogP contribution in [0.25, 0.3) is 16.9 Å². The van der Waals surface area contributed by atoms with Gasteiger partial charge in [-0.2, -0.15) is 5.26 Å². The van der Waals surface area contributed by atoms with Gasteiger partial charge in [-0.1, -0.05) is 11.3 Å². The highest BCUT2D eigenvalue weighted by molar-refractivity contribution is 9.10. The number of benzene rings is 2. The molecule has 0 radical (unpaired) electrons. The van der Waals surface area contributed by atoms with Gasteiger partial charge in [0.1, 0.15) is 11.7 Å². The van der Waals surface area contributed by atoms with Gasteiger partial charge in [0.15, 0.2) is 0 Å². The summed E-state index contributed by atoms with van der Waals surface area (Å²) in [5, 5.41) is 19.8. The van der Waals surface area contributed by atoms with Crippen molar-refractivity contribution >= 4 is 33.7 Å². The molecule has 3 heterocycles. The summed E-state index contributed by atoms with van der Waals surface area (Å²) >= 11 is 3.45. The molecular formula is C22H15BrN6O3. The lowest BCUT2D eigenvalue weighted by Gasteiger charge is -2.29. The van der Waals surface area contributed by atoms with Gasteiger partial charge in [0.05, 0.1) is 23.5 Å². The largest absolute Gasteiger partial charge is 0.322 e. The Morgan fingerprint density at radius 3 is 2.75 bits per heavy atom. The zero-order valence-electron chi connectivity index (χ0n) is 16.6. The first-order chi connectivity index (χ1) is 15.4. The van der Waals surface area contributed by atoms with Crippen LogP contribution in [0.4, 0.5) is 0 Å². The van der Waals surface area contributed by atoms with Gasteiger partial charge in [0.2, 0.25) is 11.8 Å². The van der Waals surface area contributed by atoms with Crippen LogP contribution in [-0.4, -0.2) is 43.7 Å². The van der Waals surface area contributed by atoms with Crippen molar-refractivity contribution < 1.29 is 14.4 Å². The van der Waals surface area contributed by atoms with Crippen molar-refractivity contribution in [3.05, 3.63) is 63.8 Å². The predicted octanol–water partition coefficient (Wildman–Crippen LogP) is 2.33. The summed E-state index contributed by atoms with van der Waals surface area (Å²) < 4.78 is 2.32. The first-order valence-electron chi connectivity index (χ1n) is 9.85. The number of fused-ring (bicyclic) bond motifs is 1. The van der Waals surface area contributed by atoms with E-state index in [0.717, 1.165) is 16.8 Å². The van der Waals surface area contributed by atoms with E-state index in [2.05, 4.69) is 37.6 Å². The lowest BCUT2D eigenvalue weighted by atomic mass is 10.0. The molecule has 1 saturated heterocycles. The molecule has 0 aliphatic carbocycles. The van der Waals surface area contributed by atoms with E-state index >= 15 is 0 Å². The van der Waals surface area contributed by atoms with Gasteiger partial charge in [-0.05, 0) is 58.2 Å². The van der Waals surface area contributed by atoms with Crippen LogP contribution < -0.4 is 5.32 Å². The topological polar surface area (TPSA) is 121 Å². The molecule has 0 bridgehead atoms. The first-order valence-corrected chi connectivity index (χ1v) is 10.6. The quantitative estimate of drug-likeness (QED) is 0.562. The highest BCUT2D eigenvalue weighted by atomic mass is 79.9. The van der Waals surface area contributed by atoms with Crippen LogP contribution in [0.1, 0.15) is 34.3 Å². The fraction of sp³-hybridized carbons (Fsp3) is 0.182. The highest BCUT2D eigenvalue weighted by Crippen LogP contribution is 2.31. The maximum atomic E-state index is 12.9. The Bertz CT molecular complexity index is 1340. The molecule has 9 nitrogen and oxygen atoms in total. The summed E-state index contributed by atoms with van der Waals surface area (Å²) in [5.41, 5.74) is 4.02. The molecule has 1 aromatic heterocycles. The number of aromatic nitrogens is 3. The van der Waals surface area contributed by atoms with Crippen LogP contribution >= 0.6 is 15.9 Å². The van der Waals surface area contributed by atoms with E-state index in [1.54, 1.807) is 41.2 Å². The van der Waals surface area contributed by atoms with Crippen LogP contribution in [-0.2, 0) is 16.1 Å². The Balaban J connectivity index is 1.41. The van der Waals surface area contributed by atoms with E-state index in [1.807, 2.05) is 6.07 Å². The van der Waals surface area contributed by atoms with Crippen molar-refractivity contribution in [2.45, 2.75) is 25.4 Å². The molecule has 5 rings (SSSR count). The van der Waals surface area contributed by atoms with Gasteiger partial charge in [-0.25, -0.2) is 4.68 Å². The summed E-state index contributed by atoms with van der Waals surface area (Å²) in [7, 11) is 0. The molecule has 1 N–H and O–H groups in total. The minimum absolute atomic E-state index is 0.216. The number of hydrogen-bond donors (Lipinski definition) is 1. The van der Waals surface area contributed by atoms with Crippen molar-refractivity contribution in [2.75, 3.05) is 0 Å². The smallest absolute Gasteiger partial charge is 0.255 e. The summed E-state index contributed by atoms with van der Waals surface area (Å²) in [6.45, 7) is 0.295. The number of nitriles is 1. The van der Waals surface area contributed by atoms with Crippen LogP contribution in [0.5, 0.6) is 0 Å². The Hall–Kier alpha value is -3.84. The lowest BCUT2D eigenvalue weighted by molar-refractivity contribution is -0.136. The average molecular weight is 491 g/mol. The second-order valence-corrected chi connectivity index (χ2v) is 8.45. The maximum absolute atomic E-state index is 12.9. The third kappa shape index (κ3) is 3.36. The van der Waals surface area contributed by atoms with Crippen molar-refractivity contribution in [3.8, 4) is 23.0 Å². The molecule has 10 heteroatoms. The number of carbonyl (C=O) groups is 3. The van der Waals surface area contributed by atoms with Crippen molar-refractivity contribution in [1.82, 2.24) is 25.2 Å². The minimum Gasteiger partial charge on any atom is -0.322 e. The predicted molar refractivity (Wildman–Crippen MR) is 115 cm³/mol. The number of rotatable bonds is 3. The van der Waals surface area contributed by atoms with E-state index in [1.165, 1.54) is 4.90 Å². The third-order valence-corrected chi connectivity index (χ3v) is 6.27. The molecule has 2 aliphatic heterocycles. The van der Waals surface area contributed by atoms with Gasteiger partial charge in [-0.3, -0.25) is 19.7 Å². The first kappa shape index (κ1) is 20.1. The van der Waals surface area contributed by atoms with E-state index in [-0.39, 0.29) is 18.2 Å². The van der Waals surface area contributed by atoms with Gasteiger partial charge in [-0.15, -0.1) is 5.10 Å². The second kappa shape index (κ2) is 7.69. The highest BCUT2D eigenvalue weighted by Gasteiger charge is 2.39. The zero-order chi connectivity index (χ0) is 22.4. The number of carbonyl (C=O) groups excluding carboxylic acids is 3. The normalized spacial score (nSPS) is 17.8. The summed E-state index contributed by atoms with van der Waals surface area (Å²) in [4.78, 5) is 38.0. The molecule has 32 heavy (non-hydrogen) atoms. The average Bonchev–Trinajstić information content (AvgIpc) is 3.39. The van der Waals surface area contributed by atoms with Gasteiger partial charge in [0.25, 0.3) is 5.91 Å². The number of piperidine rings is 1. The summed E-state index contributed by atoms with van der Waals surface area (Å²) in [6.07, 6.45) is 2.31. The van der Waals surface area contributed by atoms with Crippen LogP contribution in [0, 0.1) is 11.3 Å². The number of halogens is 1. The summed E-state index contributed by atoms with van der Waals surface area (Å²) in [5.74, 6) is -0.959. The Morgan fingerprint density at radius 1 is 1.16 bits per heavy atom. The molecule has 2 aliphatic rings. The molecule has 158 valence electrons. The van der Waals surface area contributed by atoms with E-state index < -0.39 is 11.9 Å². The summed E-state index contributed by atoms with van der Waals surface area (Å²) in [6, 6.07) is 12.0. The van der Waals surface area contributed by atoms with Crippen molar-refractivity contribution in [2.24, 2.45) is 0 Å². The standard InChI is InChI=1S/C22H15BrN6O3/c23-16-7-12(9-24)1-4-18(16)29-11-17(26-27-29)13-2-3-15-14(8-13)10-28(22(15)32)19-5-6-20(30)25-21(19)31/h1-4,7-8,11,19H,5-6,10H2,(H,25,30,31). The second-order valence-electron chi connectivity index (χ2n) is 7.60. The van der Waals surface area contributed by atoms with E-state index in [4.69, 9.17) is 5.26 Å². The number of imide groups is 1. The lowest BCUT2D eigenvalue weighted by Crippen LogP contribution is -2.52. The van der Waals surface area contributed by atoms with Gasteiger partial charge in [0, 0.05) is 28.6 Å². The van der Waals surface area contributed by atoms with Gasteiger partial charge < -0.3 is 4.90 Å². The third-order valence-electron chi connectivity index (χ3n) is 5.64. The molecule has 0 spiro atoms. The molecule has 2 aromatic carbocycles. The van der Waals surface area contributed by atoms with Crippen molar-refractivity contribution in [3.63, 3.8) is 0 Å². The number of amides is 3.